The number of aromatic nitrogens is 1. The average Bonchev–Trinajstić information content (AvgIpc) is 3.05. The summed E-state index contributed by atoms with van der Waals surface area (Å²) in [6.07, 6.45) is 3.47. The van der Waals surface area contributed by atoms with Gasteiger partial charge in [0.25, 0.3) is 0 Å². The van der Waals surface area contributed by atoms with E-state index in [-0.39, 0.29) is 0 Å². The summed E-state index contributed by atoms with van der Waals surface area (Å²) in [7, 11) is 0. The summed E-state index contributed by atoms with van der Waals surface area (Å²) >= 11 is 0. The number of hydrogen-bond acceptors (Lipinski definition) is 3. The van der Waals surface area contributed by atoms with Crippen LogP contribution in [0.5, 0.6) is 5.75 Å². The molecule has 0 atom stereocenters. The molecule has 2 aromatic carbocycles. The smallest absolute Gasteiger partial charge is 0.226 e. The summed E-state index contributed by atoms with van der Waals surface area (Å²) in [5, 5.41) is 0. The fourth-order valence-corrected chi connectivity index (χ4v) is 2.23. The minimum absolute atomic E-state index is 0.590. The van der Waals surface area contributed by atoms with Crippen LogP contribution in [0.4, 0.5) is 0 Å². The third-order valence-corrected chi connectivity index (χ3v) is 3.53. The van der Waals surface area contributed by atoms with E-state index in [1.54, 1.807) is 6.26 Å². The molecule has 0 aliphatic carbocycles. The highest BCUT2D eigenvalue weighted by Crippen LogP contribution is 2.18. The first kappa shape index (κ1) is 14.4. The molecule has 0 aliphatic heterocycles. The molecule has 3 heteroatoms. The number of hydrogen-bond donors (Lipinski definition) is 0. The van der Waals surface area contributed by atoms with Crippen molar-refractivity contribution in [2.75, 3.05) is 6.61 Å². The number of nitrogens with zero attached hydrogens (tertiary/aromatic N) is 1. The van der Waals surface area contributed by atoms with E-state index in [2.05, 4.69) is 24.0 Å². The average molecular weight is 293 g/mol. The maximum atomic E-state index is 5.74. The number of rotatable bonds is 6. The summed E-state index contributed by atoms with van der Waals surface area (Å²) in [4.78, 5) is 4.49. The van der Waals surface area contributed by atoms with Crippen molar-refractivity contribution in [2.24, 2.45) is 0 Å². The molecule has 0 N–H and O–H groups in total. The van der Waals surface area contributed by atoms with E-state index in [1.807, 2.05) is 42.5 Å². The van der Waals surface area contributed by atoms with Gasteiger partial charge in [-0.25, -0.2) is 4.98 Å². The van der Waals surface area contributed by atoms with Gasteiger partial charge in [0.05, 0.1) is 12.3 Å². The second-order valence-corrected chi connectivity index (χ2v) is 5.11. The third kappa shape index (κ3) is 3.55. The molecule has 112 valence electrons. The van der Waals surface area contributed by atoms with Crippen molar-refractivity contribution in [3.05, 3.63) is 72.1 Å². The fourth-order valence-electron chi connectivity index (χ4n) is 2.23. The van der Waals surface area contributed by atoms with Crippen LogP contribution in [-0.4, -0.2) is 11.6 Å². The van der Waals surface area contributed by atoms with E-state index >= 15 is 0 Å². The van der Waals surface area contributed by atoms with Crippen molar-refractivity contribution >= 4 is 0 Å². The van der Waals surface area contributed by atoms with Gasteiger partial charge < -0.3 is 9.15 Å². The van der Waals surface area contributed by atoms with E-state index in [4.69, 9.17) is 9.15 Å². The van der Waals surface area contributed by atoms with Crippen molar-refractivity contribution in [1.82, 2.24) is 4.98 Å². The lowest BCUT2D eigenvalue weighted by molar-refractivity contribution is 0.320. The van der Waals surface area contributed by atoms with Crippen molar-refractivity contribution < 1.29 is 9.15 Å². The van der Waals surface area contributed by atoms with Crippen LogP contribution in [0, 0.1) is 0 Å². The fraction of sp³-hybridized carbons (Fsp3) is 0.211. The zero-order chi connectivity index (χ0) is 15.2. The Morgan fingerprint density at radius 3 is 2.50 bits per heavy atom. The molecule has 0 aliphatic rings. The Morgan fingerprint density at radius 1 is 1.00 bits per heavy atom. The van der Waals surface area contributed by atoms with Crippen LogP contribution in [0.2, 0.25) is 0 Å². The van der Waals surface area contributed by atoms with Crippen LogP contribution < -0.4 is 4.74 Å². The van der Waals surface area contributed by atoms with E-state index < -0.39 is 0 Å². The molecular weight excluding hydrogens is 274 g/mol. The summed E-state index contributed by atoms with van der Waals surface area (Å²) < 4.78 is 11.3. The van der Waals surface area contributed by atoms with E-state index in [9.17, 15) is 0 Å². The van der Waals surface area contributed by atoms with Crippen LogP contribution in [0.25, 0.3) is 11.5 Å². The van der Waals surface area contributed by atoms with Gasteiger partial charge in [0, 0.05) is 12.0 Å². The molecule has 3 aromatic rings. The number of benzene rings is 2. The molecule has 0 radical (unpaired) electrons. The Labute approximate surface area is 130 Å². The van der Waals surface area contributed by atoms with E-state index in [0.29, 0.717) is 12.5 Å². The summed E-state index contributed by atoms with van der Waals surface area (Å²) in [6.45, 7) is 2.73. The molecule has 0 fully saturated rings. The highest BCUT2D eigenvalue weighted by Gasteiger charge is 2.06. The van der Waals surface area contributed by atoms with Gasteiger partial charge in [-0.1, -0.05) is 37.3 Å². The van der Waals surface area contributed by atoms with Gasteiger partial charge in [0.2, 0.25) is 5.89 Å². The zero-order valence-corrected chi connectivity index (χ0v) is 12.7. The van der Waals surface area contributed by atoms with Crippen LogP contribution in [0.3, 0.4) is 0 Å². The van der Waals surface area contributed by atoms with Crippen molar-refractivity contribution in [1.29, 1.82) is 0 Å². The normalized spacial score (nSPS) is 10.6. The Hall–Kier alpha value is -2.55. The van der Waals surface area contributed by atoms with Gasteiger partial charge in [0.1, 0.15) is 12.0 Å². The standard InChI is InChI=1S/C19H19NO2/c1-2-15-8-10-18(11-9-15)21-13-12-17-14-22-19(20-17)16-6-4-3-5-7-16/h3-11,14H,2,12-13H2,1H3. The van der Waals surface area contributed by atoms with Crippen LogP contribution >= 0.6 is 0 Å². The number of aryl methyl sites for hydroxylation is 1. The Balaban J connectivity index is 1.54. The van der Waals surface area contributed by atoms with Gasteiger partial charge in [0.15, 0.2) is 0 Å². The lowest BCUT2D eigenvalue weighted by Gasteiger charge is -2.05. The SMILES string of the molecule is CCc1ccc(OCCc2coc(-c3ccccc3)n2)cc1. The first-order chi connectivity index (χ1) is 10.8. The molecular formula is C19H19NO2. The van der Waals surface area contributed by atoms with E-state index in [0.717, 1.165) is 29.8 Å². The predicted molar refractivity (Wildman–Crippen MR) is 87.0 cm³/mol. The van der Waals surface area contributed by atoms with Crippen LogP contribution in [-0.2, 0) is 12.8 Å². The first-order valence-electron chi connectivity index (χ1n) is 7.56. The minimum Gasteiger partial charge on any atom is -0.493 e. The zero-order valence-electron chi connectivity index (χ0n) is 12.7. The monoisotopic (exact) mass is 293 g/mol. The molecule has 0 saturated carbocycles. The van der Waals surface area contributed by atoms with Gasteiger partial charge in [-0.05, 0) is 36.2 Å². The summed E-state index contributed by atoms with van der Waals surface area (Å²) in [5.74, 6) is 1.55. The molecule has 3 nitrogen and oxygen atoms in total. The van der Waals surface area contributed by atoms with Crippen molar-refractivity contribution in [3.63, 3.8) is 0 Å². The Kier molecular flexibility index (Phi) is 4.54. The number of oxazole rings is 1. The van der Waals surface area contributed by atoms with Gasteiger partial charge >= 0.3 is 0 Å². The summed E-state index contributed by atoms with van der Waals surface area (Å²) in [6, 6.07) is 18.1. The molecule has 3 rings (SSSR count). The molecule has 0 saturated heterocycles. The second-order valence-electron chi connectivity index (χ2n) is 5.11. The molecule has 1 heterocycles. The maximum absolute atomic E-state index is 5.74. The highest BCUT2D eigenvalue weighted by molar-refractivity contribution is 5.52. The lowest BCUT2D eigenvalue weighted by atomic mass is 10.2. The minimum atomic E-state index is 0.590. The Morgan fingerprint density at radius 2 is 1.77 bits per heavy atom. The number of ether oxygens (including phenoxy) is 1. The molecule has 0 unspecified atom stereocenters. The van der Waals surface area contributed by atoms with Crippen LogP contribution in [0.1, 0.15) is 18.2 Å². The van der Waals surface area contributed by atoms with Gasteiger partial charge in [-0.2, -0.15) is 0 Å². The lowest BCUT2D eigenvalue weighted by Crippen LogP contribution is -2.01. The highest BCUT2D eigenvalue weighted by atomic mass is 16.5. The van der Waals surface area contributed by atoms with Gasteiger partial charge in [-0.3, -0.25) is 0 Å². The maximum Gasteiger partial charge on any atom is 0.226 e. The molecule has 1 aromatic heterocycles. The summed E-state index contributed by atoms with van der Waals surface area (Å²) in [5.41, 5.74) is 3.21. The topological polar surface area (TPSA) is 35.3 Å². The van der Waals surface area contributed by atoms with Crippen LogP contribution in [0.15, 0.2) is 65.3 Å². The molecule has 0 spiro atoms. The largest absolute Gasteiger partial charge is 0.493 e. The first-order valence-corrected chi connectivity index (χ1v) is 7.56. The quantitative estimate of drug-likeness (QED) is 0.670. The molecule has 0 amide bonds. The molecule has 0 bridgehead atoms. The predicted octanol–water partition coefficient (Wildman–Crippen LogP) is 4.53. The third-order valence-electron chi connectivity index (χ3n) is 3.53. The molecule has 22 heavy (non-hydrogen) atoms. The van der Waals surface area contributed by atoms with Gasteiger partial charge in [-0.15, -0.1) is 0 Å². The van der Waals surface area contributed by atoms with Crippen molar-refractivity contribution in [2.45, 2.75) is 19.8 Å². The van der Waals surface area contributed by atoms with Crippen molar-refractivity contribution in [3.8, 4) is 17.2 Å². The second kappa shape index (κ2) is 6.94. The Bertz CT molecular complexity index is 702. The van der Waals surface area contributed by atoms with E-state index in [1.165, 1.54) is 5.56 Å².